The molecule has 0 saturated carbocycles. The van der Waals surface area contributed by atoms with Gasteiger partial charge in [-0.15, -0.1) is 0 Å². The Morgan fingerprint density at radius 2 is 2.33 bits per heavy atom. The third kappa shape index (κ3) is 1.28. The number of halogens is 1. The van der Waals surface area contributed by atoms with Gasteiger partial charge in [0.1, 0.15) is 0 Å². The van der Waals surface area contributed by atoms with Gasteiger partial charge in [0.2, 0.25) is 0 Å². The highest BCUT2D eigenvalue weighted by atomic mass is 19.1. The van der Waals surface area contributed by atoms with E-state index in [9.17, 15) is 4.39 Å². The molecule has 1 aliphatic rings. The number of ether oxygens (including phenoxy) is 1. The van der Waals surface area contributed by atoms with Crippen molar-refractivity contribution in [2.75, 3.05) is 13.7 Å². The Morgan fingerprint density at radius 3 is 2.92 bits per heavy atom. The standard InChI is InChI=1S/C9H10FNO/c1-12-9-4-6(8-5-11-8)2-3-7(9)10/h2-4,8,11H,5H2,1H3/t8-/m1/s1. The third-order valence-electron chi connectivity index (χ3n) is 1.99. The minimum absolute atomic E-state index is 0.304. The monoisotopic (exact) mass is 167 g/mol. The second-order valence-electron chi connectivity index (χ2n) is 2.85. The molecule has 0 bridgehead atoms. The van der Waals surface area contributed by atoms with E-state index in [0.717, 1.165) is 12.1 Å². The summed E-state index contributed by atoms with van der Waals surface area (Å²) in [6.45, 7) is 0.981. The molecule has 1 atom stereocenters. The summed E-state index contributed by atoms with van der Waals surface area (Å²) in [4.78, 5) is 0. The highest BCUT2D eigenvalue weighted by Crippen LogP contribution is 2.26. The molecule has 3 heteroatoms. The molecule has 0 amide bonds. The summed E-state index contributed by atoms with van der Waals surface area (Å²) in [6.07, 6.45) is 0. The second-order valence-corrected chi connectivity index (χ2v) is 2.85. The minimum atomic E-state index is -0.304. The maximum Gasteiger partial charge on any atom is 0.165 e. The highest BCUT2D eigenvalue weighted by molar-refractivity contribution is 5.34. The summed E-state index contributed by atoms with van der Waals surface area (Å²) in [6, 6.07) is 5.36. The van der Waals surface area contributed by atoms with Gasteiger partial charge in [-0.1, -0.05) is 6.07 Å². The average Bonchev–Trinajstić information content (AvgIpc) is 2.88. The van der Waals surface area contributed by atoms with Crippen molar-refractivity contribution in [3.05, 3.63) is 29.6 Å². The molecular weight excluding hydrogens is 157 g/mol. The topological polar surface area (TPSA) is 31.2 Å². The lowest BCUT2D eigenvalue weighted by Crippen LogP contribution is -1.91. The smallest absolute Gasteiger partial charge is 0.165 e. The summed E-state index contributed by atoms with van der Waals surface area (Å²) < 4.78 is 17.8. The Balaban J connectivity index is 2.33. The fourth-order valence-electron chi connectivity index (χ4n) is 1.19. The zero-order valence-corrected chi connectivity index (χ0v) is 6.80. The number of hydrogen-bond acceptors (Lipinski definition) is 2. The van der Waals surface area contributed by atoms with Gasteiger partial charge < -0.3 is 10.1 Å². The first-order valence-corrected chi connectivity index (χ1v) is 3.88. The second kappa shape index (κ2) is 2.75. The molecule has 0 spiro atoms. The van der Waals surface area contributed by atoms with Gasteiger partial charge in [-0.25, -0.2) is 4.39 Å². The molecule has 1 heterocycles. The quantitative estimate of drug-likeness (QED) is 0.676. The van der Waals surface area contributed by atoms with Gasteiger partial charge >= 0.3 is 0 Å². The molecular formula is C9H10FNO. The van der Waals surface area contributed by atoms with E-state index in [4.69, 9.17) is 4.74 Å². The number of methoxy groups -OCH3 is 1. The van der Waals surface area contributed by atoms with Gasteiger partial charge in [0.15, 0.2) is 11.6 Å². The summed E-state index contributed by atoms with van der Waals surface area (Å²) in [7, 11) is 1.47. The number of rotatable bonds is 2. The molecule has 64 valence electrons. The van der Waals surface area contributed by atoms with Crippen molar-refractivity contribution < 1.29 is 9.13 Å². The first-order chi connectivity index (χ1) is 5.81. The number of benzene rings is 1. The molecule has 0 unspecified atom stereocenters. The largest absolute Gasteiger partial charge is 0.494 e. The molecule has 12 heavy (non-hydrogen) atoms. The number of hydrogen-bond donors (Lipinski definition) is 1. The van der Waals surface area contributed by atoms with Crippen LogP contribution in [0.3, 0.4) is 0 Å². The Kier molecular flexibility index (Phi) is 1.73. The van der Waals surface area contributed by atoms with Crippen LogP contribution in [0.5, 0.6) is 5.75 Å². The van der Waals surface area contributed by atoms with Gasteiger partial charge in [0.25, 0.3) is 0 Å². The molecule has 1 aromatic rings. The SMILES string of the molecule is COc1cc([C@H]2CN2)ccc1F. The number of nitrogens with one attached hydrogen (secondary N) is 1. The van der Waals surface area contributed by atoms with E-state index in [1.54, 1.807) is 12.1 Å². The average molecular weight is 167 g/mol. The fourth-order valence-corrected chi connectivity index (χ4v) is 1.19. The zero-order chi connectivity index (χ0) is 8.55. The molecule has 1 fully saturated rings. The van der Waals surface area contributed by atoms with Crippen molar-refractivity contribution in [3.63, 3.8) is 0 Å². The molecule has 0 aromatic heterocycles. The van der Waals surface area contributed by atoms with Crippen molar-refractivity contribution in [1.29, 1.82) is 0 Å². The van der Waals surface area contributed by atoms with Crippen LogP contribution in [0.4, 0.5) is 4.39 Å². The van der Waals surface area contributed by atoms with Crippen molar-refractivity contribution in [2.24, 2.45) is 0 Å². The lowest BCUT2D eigenvalue weighted by atomic mass is 10.1. The summed E-state index contributed by atoms with van der Waals surface area (Å²) in [5.41, 5.74) is 1.09. The van der Waals surface area contributed by atoms with Crippen LogP contribution < -0.4 is 10.1 Å². The predicted octanol–water partition coefficient (Wildman–Crippen LogP) is 1.48. The molecule has 2 nitrogen and oxygen atoms in total. The van der Waals surface area contributed by atoms with E-state index in [2.05, 4.69) is 5.32 Å². The van der Waals surface area contributed by atoms with Gasteiger partial charge in [0, 0.05) is 12.6 Å². The van der Waals surface area contributed by atoms with Crippen LogP contribution >= 0.6 is 0 Å². The van der Waals surface area contributed by atoms with E-state index in [1.165, 1.54) is 13.2 Å². The van der Waals surface area contributed by atoms with Crippen LogP contribution in [-0.4, -0.2) is 13.7 Å². The van der Waals surface area contributed by atoms with Crippen LogP contribution in [0, 0.1) is 5.82 Å². The van der Waals surface area contributed by atoms with Crippen molar-refractivity contribution >= 4 is 0 Å². The van der Waals surface area contributed by atoms with E-state index in [-0.39, 0.29) is 5.82 Å². The van der Waals surface area contributed by atoms with Crippen LogP contribution in [-0.2, 0) is 0 Å². The van der Waals surface area contributed by atoms with Crippen molar-refractivity contribution in [1.82, 2.24) is 5.32 Å². The lowest BCUT2D eigenvalue weighted by Gasteiger charge is -2.03. The fraction of sp³-hybridized carbons (Fsp3) is 0.333. The first kappa shape index (κ1) is 7.55. The Hall–Kier alpha value is -1.09. The molecule has 1 N–H and O–H groups in total. The van der Waals surface area contributed by atoms with E-state index in [1.807, 2.05) is 0 Å². The Morgan fingerprint density at radius 1 is 1.58 bits per heavy atom. The van der Waals surface area contributed by atoms with E-state index >= 15 is 0 Å². The molecule has 0 aliphatic carbocycles. The van der Waals surface area contributed by atoms with Gasteiger partial charge in [-0.2, -0.15) is 0 Å². The van der Waals surface area contributed by atoms with Gasteiger partial charge in [0.05, 0.1) is 7.11 Å². The highest BCUT2D eigenvalue weighted by Gasteiger charge is 2.22. The normalized spacial score (nSPS) is 20.7. The van der Waals surface area contributed by atoms with Crippen LogP contribution in [0.15, 0.2) is 18.2 Å². The summed E-state index contributed by atoms with van der Waals surface area (Å²) in [5, 5.41) is 3.14. The molecule has 0 radical (unpaired) electrons. The molecule has 1 saturated heterocycles. The van der Waals surface area contributed by atoms with Crippen LogP contribution in [0.2, 0.25) is 0 Å². The Labute approximate surface area is 70.3 Å². The van der Waals surface area contributed by atoms with Crippen molar-refractivity contribution in [3.8, 4) is 5.75 Å². The maximum absolute atomic E-state index is 12.9. The van der Waals surface area contributed by atoms with Gasteiger partial charge in [-0.05, 0) is 17.7 Å². The first-order valence-electron chi connectivity index (χ1n) is 3.88. The molecule has 2 rings (SSSR count). The van der Waals surface area contributed by atoms with Gasteiger partial charge in [-0.3, -0.25) is 0 Å². The zero-order valence-electron chi connectivity index (χ0n) is 6.80. The van der Waals surface area contributed by atoms with E-state index < -0.39 is 0 Å². The predicted molar refractivity (Wildman–Crippen MR) is 43.7 cm³/mol. The van der Waals surface area contributed by atoms with Crippen LogP contribution in [0.1, 0.15) is 11.6 Å². The minimum Gasteiger partial charge on any atom is -0.494 e. The van der Waals surface area contributed by atoms with Crippen molar-refractivity contribution in [2.45, 2.75) is 6.04 Å². The van der Waals surface area contributed by atoms with Crippen LogP contribution in [0.25, 0.3) is 0 Å². The summed E-state index contributed by atoms with van der Waals surface area (Å²) >= 11 is 0. The maximum atomic E-state index is 12.9. The molecule has 1 aromatic carbocycles. The lowest BCUT2D eigenvalue weighted by molar-refractivity contribution is 0.386. The third-order valence-corrected chi connectivity index (χ3v) is 1.99. The Bertz CT molecular complexity index is 297. The molecule has 1 aliphatic heterocycles. The summed E-state index contributed by atoms with van der Waals surface area (Å²) in [5.74, 6) is 0.0168. The van der Waals surface area contributed by atoms with E-state index in [0.29, 0.717) is 11.8 Å².